The molecule has 0 aliphatic rings. The van der Waals surface area contributed by atoms with E-state index in [9.17, 15) is 21.6 Å². The van der Waals surface area contributed by atoms with Crippen molar-refractivity contribution < 1.29 is 21.6 Å². The molecule has 0 saturated heterocycles. The van der Waals surface area contributed by atoms with Crippen molar-refractivity contribution in [2.24, 2.45) is 0 Å². The van der Waals surface area contributed by atoms with Crippen molar-refractivity contribution in [1.29, 1.82) is 0 Å². The molecule has 8 heteroatoms. The van der Waals surface area contributed by atoms with Crippen LogP contribution in [-0.4, -0.2) is 13.4 Å². The summed E-state index contributed by atoms with van der Waals surface area (Å²) in [5.41, 5.74) is 4.98. The van der Waals surface area contributed by atoms with Crippen LogP contribution in [0.3, 0.4) is 0 Å². The Morgan fingerprint density at radius 1 is 1.10 bits per heavy atom. The molecule has 0 aliphatic carbocycles. The third-order valence-electron chi connectivity index (χ3n) is 2.78. The highest BCUT2D eigenvalue weighted by molar-refractivity contribution is 7.90. The Labute approximate surface area is 119 Å². The van der Waals surface area contributed by atoms with Crippen molar-refractivity contribution in [3.63, 3.8) is 0 Å². The van der Waals surface area contributed by atoms with E-state index in [0.29, 0.717) is 0 Å². The van der Waals surface area contributed by atoms with Crippen LogP contribution in [0.1, 0.15) is 11.1 Å². The maximum atomic E-state index is 12.4. The molecule has 1 aromatic carbocycles. The molecule has 0 spiro atoms. The largest absolute Gasteiger partial charge is 0.416 e. The molecule has 0 fully saturated rings. The average molecular weight is 316 g/mol. The highest BCUT2D eigenvalue weighted by atomic mass is 32.2. The zero-order valence-electron chi connectivity index (χ0n) is 10.6. The minimum atomic E-state index is -4.45. The van der Waals surface area contributed by atoms with Gasteiger partial charge in [-0.3, -0.25) is 4.98 Å². The lowest BCUT2D eigenvalue weighted by Crippen LogP contribution is -2.09. The molecular formula is C13H11F3N2O2S. The zero-order chi connectivity index (χ0) is 15.7. The fourth-order valence-corrected chi connectivity index (χ4v) is 3.23. The number of anilines is 1. The standard InChI is InChI=1S/C13H11F3N2O2S/c14-13(15,16)10-3-1-9(2-4-10)8-21(19,20)12-5-6-18-7-11(12)17/h1-7H,8,17H2. The Balaban J connectivity index is 2.28. The van der Waals surface area contributed by atoms with E-state index >= 15 is 0 Å². The summed E-state index contributed by atoms with van der Waals surface area (Å²) < 4.78 is 61.6. The Hall–Kier alpha value is -2.09. The van der Waals surface area contributed by atoms with Gasteiger partial charge in [0.05, 0.1) is 28.1 Å². The van der Waals surface area contributed by atoms with Gasteiger partial charge < -0.3 is 5.73 Å². The maximum absolute atomic E-state index is 12.4. The van der Waals surface area contributed by atoms with Crippen molar-refractivity contribution in [3.05, 3.63) is 53.9 Å². The van der Waals surface area contributed by atoms with Crippen molar-refractivity contribution in [2.45, 2.75) is 16.8 Å². The molecule has 2 aromatic rings. The third kappa shape index (κ3) is 3.52. The summed E-state index contributed by atoms with van der Waals surface area (Å²) in [7, 11) is -3.74. The van der Waals surface area contributed by atoms with Gasteiger partial charge in [-0.05, 0) is 23.8 Å². The molecule has 2 rings (SSSR count). The minimum absolute atomic E-state index is 0.00408. The molecular weight excluding hydrogens is 305 g/mol. The van der Waals surface area contributed by atoms with Crippen LogP contribution < -0.4 is 5.73 Å². The number of aromatic nitrogens is 1. The van der Waals surface area contributed by atoms with E-state index < -0.39 is 27.3 Å². The van der Waals surface area contributed by atoms with Crippen LogP contribution in [0.15, 0.2) is 47.6 Å². The van der Waals surface area contributed by atoms with Gasteiger partial charge in [0.15, 0.2) is 9.84 Å². The zero-order valence-corrected chi connectivity index (χ0v) is 11.4. The van der Waals surface area contributed by atoms with Crippen LogP contribution in [0.25, 0.3) is 0 Å². The molecule has 0 bridgehead atoms. The quantitative estimate of drug-likeness (QED) is 0.945. The molecule has 2 N–H and O–H groups in total. The van der Waals surface area contributed by atoms with Gasteiger partial charge in [0.1, 0.15) is 0 Å². The number of hydrogen-bond acceptors (Lipinski definition) is 4. The number of nitrogens with zero attached hydrogens (tertiary/aromatic N) is 1. The Kier molecular flexibility index (Phi) is 3.91. The number of benzene rings is 1. The van der Waals surface area contributed by atoms with Crippen molar-refractivity contribution in [1.82, 2.24) is 4.98 Å². The Morgan fingerprint density at radius 2 is 1.71 bits per heavy atom. The first-order chi connectivity index (χ1) is 9.70. The summed E-state index contributed by atoms with van der Waals surface area (Å²) in [6.07, 6.45) is -1.96. The second-order valence-corrected chi connectivity index (χ2v) is 6.33. The molecule has 4 nitrogen and oxygen atoms in total. The van der Waals surface area contributed by atoms with Crippen molar-refractivity contribution >= 4 is 15.5 Å². The SMILES string of the molecule is Nc1cnccc1S(=O)(=O)Cc1ccc(C(F)(F)F)cc1. The molecule has 0 unspecified atom stereocenters. The average Bonchev–Trinajstić information content (AvgIpc) is 2.38. The minimum Gasteiger partial charge on any atom is -0.396 e. The summed E-state index contributed by atoms with van der Waals surface area (Å²) >= 11 is 0. The molecule has 0 saturated carbocycles. The third-order valence-corrected chi connectivity index (χ3v) is 4.54. The lowest BCUT2D eigenvalue weighted by molar-refractivity contribution is -0.137. The monoisotopic (exact) mass is 316 g/mol. The fraction of sp³-hybridized carbons (Fsp3) is 0.154. The van der Waals surface area contributed by atoms with Gasteiger partial charge in [-0.2, -0.15) is 13.2 Å². The van der Waals surface area contributed by atoms with Gasteiger partial charge in [0.25, 0.3) is 0 Å². The highest BCUT2D eigenvalue weighted by Gasteiger charge is 2.30. The summed E-state index contributed by atoms with van der Waals surface area (Å²) in [4.78, 5) is 3.60. The summed E-state index contributed by atoms with van der Waals surface area (Å²) in [6.45, 7) is 0. The predicted octanol–water partition coefficient (Wildman–Crippen LogP) is 2.66. The topological polar surface area (TPSA) is 73.0 Å². The lowest BCUT2D eigenvalue weighted by atomic mass is 10.1. The maximum Gasteiger partial charge on any atom is 0.416 e. The molecule has 0 atom stereocenters. The van der Waals surface area contributed by atoms with Gasteiger partial charge in [-0.25, -0.2) is 8.42 Å². The number of alkyl halides is 3. The number of rotatable bonds is 3. The molecule has 1 aromatic heterocycles. The molecule has 21 heavy (non-hydrogen) atoms. The first kappa shape index (κ1) is 15.3. The van der Waals surface area contributed by atoms with Gasteiger partial charge >= 0.3 is 6.18 Å². The van der Waals surface area contributed by atoms with Gasteiger partial charge in [-0.1, -0.05) is 12.1 Å². The van der Waals surface area contributed by atoms with E-state index in [1.54, 1.807) is 0 Å². The van der Waals surface area contributed by atoms with Crippen molar-refractivity contribution in [3.8, 4) is 0 Å². The summed E-state index contributed by atoms with van der Waals surface area (Å²) in [5.74, 6) is -0.431. The normalized spacial score (nSPS) is 12.3. The van der Waals surface area contributed by atoms with E-state index in [4.69, 9.17) is 5.73 Å². The van der Waals surface area contributed by atoms with Gasteiger partial charge in [-0.15, -0.1) is 0 Å². The molecule has 0 aliphatic heterocycles. The fourth-order valence-electron chi connectivity index (χ4n) is 1.76. The smallest absolute Gasteiger partial charge is 0.396 e. The van der Waals surface area contributed by atoms with Crippen LogP contribution in [0.5, 0.6) is 0 Å². The second-order valence-electron chi connectivity index (χ2n) is 4.37. The number of sulfone groups is 1. The van der Waals surface area contributed by atoms with E-state index in [-0.39, 0.29) is 16.1 Å². The van der Waals surface area contributed by atoms with Crippen LogP contribution in [-0.2, 0) is 21.8 Å². The van der Waals surface area contributed by atoms with E-state index in [1.807, 2.05) is 0 Å². The van der Waals surface area contributed by atoms with Crippen molar-refractivity contribution in [2.75, 3.05) is 5.73 Å². The first-order valence-corrected chi connectivity index (χ1v) is 7.44. The Morgan fingerprint density at radius 3 is 2.24 bits per heavy atom. The first-order valence-electron chi connectivity index (χ1n) is 5.78. The number of halogens is 3. The molecule has 1 heterocycles. The summed E-state index contributed by atoms with van der Waals surface area (Å²) in [6, 6.07) is 5.23. The Bertz CT molecular complexity index is 741. The van der Waals surface area contributed by atoms with E-state index in [1.165, 1.54) is 18.5 Å². The van der Waals surface area contributed by atoms with E-state index in [0.717, 1.165) is 24.3 Å². The van der Waals surface area contributed by atoms with Gasteiger partial charge in [0.2, 0.25) is 0 Å². The second kappa shape index (κ2) is 5.36. The van der Waals surface area contributed by atoms with Gasteiger partial charge in [0, 0.05) is 6.20 Å². The molecule has 112 valence electrons. The lowest BCUT2D eigenvalue weighted by Gasteiger charge is -2.09. The van der Waals surface area contributed by atoms with Crippen LogP contribution in [0.4, 0.5) is 18.9 Å². The van der Waals surface area contributed by atoms with Crippen LogP contribution >= 0.6 is 0 Å². The van der Waals surface area contributed by atoms with E-state index in [2.05, 4.69) is 4.98 Å². The molecule has 0 amide bonds. The number of nitrogen functional groups attached to an aromatic ring is 1. The predicted molar refractivity (Wildman–Crippen MR) is 71.0 cm³/mol. The molecule has 0 radical (unpaired) electrons. The highest BCUT2D eigenvalue weighted by Crippen LogP contribution is 2.29. The summed E-state index contributed by atoms with van der Waals surface area (Å²) in [5, 5.41) is 0. The van der Waals surface area contributed by atoms with Crippen LogP contribution in [0, 0.1) is 0 Å². The number of hydrogen-bond donors (Lipinski definition) is 1. The number of nitrogens with two attached hydrogens (primary N) is 1. The van der Waals surface area contributed by atoms with Crippen LogP contribution in [0.2, 0.25) is 0 Å². The number of pyridine rings is 1.